The number of piperazine rings is 1. The molecule has 8 heteroatoms. The maximum atomic E-state index is 13.1. The van der Waals surface area contributed by atoms with Gasteiger partial charge < -0.3 is 15.7 Å². The second-order valence-corrected chi connectivity index (χ2v) is 8.41. The molecule has 33 heavy (non-hydrogen) atoms. The van der Waals surface area contributed by atoms with Gasteiger partial charge in [-0.1, -0.05) is 12.1 Å². The van der Waals surface area contributed by atoms with Gasteiger partial charge in [0.25, 0.3) is 0 Å². The van der Waals surface area contributed by atoms with Crippen LogP contribution in [-0.2, 0) is 6.42 Å². The number of carbonyl (C=O) groups is 1. The first-order chi connectivity index (χ1) is 16.1. The molecule has 1 aliphatic rings. The van der Waals surface area contributed by atoms with E-state index in [0.717, 1.165) is 56.5 Å². The van der Waals surface area contributed by atoms with Crippen LogP contribution in [0.5, 0.6) is 5.75 Å². The van der Waals surface area contributed by atoms with Crippen LogP contribution in [0.1, 0.15) is 35.3 Å². The lowest BCUT2D eigenvalue weighted by molar-refractivity contribution is 0.0975. The van der Waals surface area contributed by atoms with E-state index in [0.29, 0.717) is 24.3 Å². The molecule has 174 valence electrons. The molecule has 0 amide bonds. The van der Waals surface area contributed by atoms with Gasteiger partial charge in [0, 0.05) is 44.2 Å². The fourth-order valence-electron chi connectivity index (χ4n) is 4.23. The van der Waals surface area contributed by atoms with Gasteiger partial charge in [0.05, 0.1) is 0 Å². The molecule has 0 bridgehead atoms. The van der Waals surface area contributed by atoms with Gasteiger partial charge >= 0.3 is 0 Å². The summed E-state index contributed by atoms with van der Waals surface area (Å²) in [6, 6.07) is 9.77. The van der Waals surface area contributed by atoms with E-state index in [9.17, 15) is 14.3 Å². The molecule has 0 atom stereocenters. The second-order valence-electron chi connectivity index (χ2n) is 8.41. The van der Waals surface area contributed by atoms with Crippen molar-refractivity contribution < 1.29 is 14.3 Å². The summed E-state index contributed by atoms with van der Waals surface area (Å²) in [5.41, 5.74) is 6.89. The first kappa shape index (κ1) is 23.1. The lowest BCUT2D eigenvalue weighted by Gasteiger charge is -2.36. The second kappa shape index (κ2) is 10.7. The first-order valence-corrected chi connectivity index (χ1v) is 11.5. The molecular weight excluding hydrogens is 421 g/mol. The van der Waals surface area contributed by atoms with E-state index in [4.69, 9.17) is 5.73 Å². The number of ketones is 1. The molecule has 0 spiro atoms. The lowest BCUT2D eigenvalue weighted by Crippen LogP contribution is -2.47. The number of hydrogen-bond donors (Lipinski definition) is 2. The zero-order valence-electron chi connectivity index (χ0n) is 18.7. The van der Waals surface area contributed by atoms with Crippen molar-refractivity contribution >= 4 is 22.5 Å². The summed E-state index contributed by atoms with van der Waals surface area (Å²) >= 11 is 0. The molecule has 2 aromatic heterocycles. The number of aryl methyl sites for hydroxylation is 1. The average Bonchev–Trinajstić information content (AvgIpc) is 2.85. The van der Waals surface area contributed by atoms with Crippen LogP contribution in [-0.4, -0.2) is 65.0 Å². The quantitative estimate of drug-likeness (QED) is 0.381. The fraction of sp³-hybridized carbons (Fsp3) is 0.400. The lowest BCUT2D eigenvalue weighted by atomic mass is 10.0. The van der Waals surface area contributed by atoms with Crippen molar-refractivity contribution in [1.29, 1.82) is 0 Å². The van der Waals surface area contributed by atoms with E-state index in [-0.39, 0.29) is 29.5 Å². The van der Waals surface area contributed by atoms with E-state index < -0.39 is 0 Å². The summed E-state index contributed by atoms with van der Waals surface area (Å²) in [4.78, 5) is 26.6. The summed E-state index contributed by atoms with van der Waals surface area (Å²) < 4.78 is 13.1. The van der Waals surface area contributed by atoms with Gasteiger partial charge in [-0.25, -0.2) is 9.37 Å². The van der Waals surface area contributed by atoms with Crippen LogP contribution in [0.4, 0.5) is 10.2 Å². The fourth-order valence-corrected chi connectivity index (χ4v) is 4.23. The van der Waals surface area contributed by atoms with Crippen molar-refractivity contribution in [3.05, 3.63) is 59.7 Å². The number of Topliss-reactive ketones (excluding diaryl/α,β-unsaturated/α-hetero) is 1. The average molecular weight is 452 g/mol. The highest BCUT2D eigenvalue weighted by Gasteiger charge is 2.25. The van der Waals surface area contributed by atoms with Gasteiger partial charge in [-0.15, -0.1) is 0 Å². The van der Waals surface area contributed by atoms with Crippen LogP contribution in [0.15, 0.2) is 42.6 Å². The van der Waals surface area contributed by atoms with Gasteiger partial charge in [0.1, 0.15) is 17.2 Å². The minimum Gasteiger partial charge on any atom is -0.504 e. The summed E-state index contributed by atoms with van der Waals surface area (Å²) in [5.74, 6) is -0.0679. The Hall–Kier alpha value is -3.10. The van der Waals surface area contributed by atoms with E-state index >= 15 is 0 Å². The number of halogens is 1. The Kier molecular flexibility index (Phi) is 7.47. The van der Waals surface area contributed by atoms with Crippen LogP contribution in [0, 0.1) is 5.82 Å². The minimum atomic E-state index is -0.311. The van der Waals surface area contributed by atoms with Crippen LogP contribution < -0.4 is 10.6 Å². The van der Waals surface area contributed by atoms with Gasteiger partial charge in [-0.3, -0.25) is 14.7 Å². The van der Waals surface area contributed by atoms with Crippen molar-refractivity contribution in [1.82, 2.24) is 14.9 Å². The number of unbranched alkanes of at least 4 members (excludes halogenated alkanes) is 1. The summed E-state index contributed by atoms with van der Waals surface area (Å²) in [5, 5.41) is 11.5. The Morgan fingerprint density at radius 1 is 1.09 bits per heavy atom. The zero-order chi connectivity index (χ0) is 23.2. The predicted molar refractivity (Wildman–Crippen MR) is 127 cm³/mol. The summed E-state index contributed by atoms with van der Waals surface area (Å²) in [6.45, 7) is 5.13. The van der Waals surface area contributed by atoms with Gasteiger partial charge in [0.15, 0.2) is 17.2 Å². The third kappa shape index (κ3) is 5.46. The van der Waals surface area contributed by atoms with E-state index in [1.807, 2.05) is 12.1 Å². The predicted octanol–water partition coefficient (Wildman–Crippen LogP) is 3.15. The van der Waals surface area contributed by atoms with E-state index in [2.05, 4.69) is 19.8 Å². The monoisotopic (exact) mass is 451 g/mol. The number of nitrogens with two attached hydrogens (primary N) is 1. The Morgan fingerprint density at radius 2 is 1.85 bits per heavy atom. The Labute approximate surface area is 193 Å². The third-order valence-corrected chi connectivity index (χ3v) is 6.13. The number of pyridine rings is 2. The maximum Gasteiger partial charge on any atom is 0.185 e. The molecule has 0 aliphatic carbocycles. The molecule has 3 aromatic rings. The third-order valence-electron chi connectivity index (χ3n) is 6.13. The Bertz CT molecular complexity index is 1100. The number of carbonyl (C=O) groups excluding carboxylic acids is 1. The normalized spacial score (nSPS) is 14.7. The van der Waals surface area contributed by atoms with E-state index in [1.165, 1.54) is 12.1 Å². The van der Waals surface area contributed by atoms with Gasteiger partial charge in [-0.2, -0.15) is 0 Å². The van der Waals surface area contributed by atoms with Crippen LogP contribution in [0.3, 0.4) is 0 Å². The summed E-state index contributed by atoms with van der Waals surface area (Å²) in [7, 11) is 0. The molecule has 3 N–H and O–H groups in total. The number of benzene rings is 1. The van der Waals surface area contributed by atoms with Crippen LogP contribution in [0.25, 0.3) is 10.9 Å². The number of anilines is 1. The SMILES string of the molecule is NCCCCN1CCN(c2nc(C(=O)CCc3ccc(F)cc3)c(O)c3ncccc23)CC1. The molecule has 1 aromatic carbocycles. The Morgan fingerprint density at radius 3 is 2.58 bits per heavy atom. The Balaban J connectivity index is 1.54. The molecule has 0 saturated carbocycles. The zero-order valence-corrected chi connectivity index (χ0v) is 18.7. The molecule has 1 saturated heterocycles. The largest absolute Gasteiger partial charge is 0.504 e. The number of hydrogen-bond acceptors (Lipinski definition) is 7. The van der Waals surface area contributed by atoms with E-state index in [1.54, 1.807) is 18.3 Å². The topological polar surface area (TPSA) is 95.6 Å². The number of aromatic nitrogens is 2. The molecule has 0 radical (unpaired) electrons. The maximum absolute atomic E-state index is 13.1. The molecule has 3 heterocycles. The van der Waals surface area contributed by atoms with Gasteiger partial charge in [0.2, 0.25) is 0 Å². The molecule has 1 fully saturated rings. The highest BCUT2D eigenvalue weighted by molar-refractivity contribution is 6.04. The van der Waals surface area contributed by atoms with Crippen LogP contribution >= 0.6 is 0 Å². The van der Waals surface area contributed by atoms with Crippen molar-refractivity contribution in [3.8, 4) is 5.75 Å². The summed E-state index contributed by atoms with van der Waals surface area (Å²) in [6.07, 6.45) is 4.33. The smallest absolute Gasteiger partial charge is 0.185 e. The first-order valence-electron chi connectivity index (χ1n) is 11.5. The number of fused-ring (bicyclic) bond motifs is 1. The number of rotatable bonds is 9. The molecular formula is C25H30FN5O2. The standard InChI is InChI=1S/C25H30FN5O2/c26-19-8-5-18(6-9-19)7-10-21(32)23-24(33)22-20(4-3-12-28-22)25(29-23)31-16-14-30(15-17-31)13-2-1-11-27/h3-6,8-9,12,33H,1-2,7,10-11,13-17,27H2. The van der Waals surface area contributed by atoms with Crippen molar-refractivity contribution in [3.63, 3.8) is 0 Å². The molecule has 4 rings (SSSR count). The van der Waals surface area contributed by atoms with Crippen molar-refractivity contribution in [2.75, 3.05) is 44.2 Å². The van der Waals surface area contributed by atoms with Crippen LogP contribution in [0.2, 0.25) is 0 Å². The molecule has 1 aliphatic heterocycles. The van der Waals surface area contributed by atoms with Crippen molar-refractivity contribution in [2.45, 2.75) is 25.7 Å². The molecule has 7 nitrogen and oxygen atoms in total. The van der Waals surface area contributed by atoms with Gasteiger partial charge in [-0.05, 0) is 62.2 Å². The number of nitrogens with zero attached hydrogens (tertiary/aromatic N) is 4. The molecule has 0 unspecified atom stereocenters. The minimum absolute atomic E-state index is 0.0451. The van der Waals surface area contributed by atoms with Crippen molar-refractivity contribution in [2.24, 2.45) is 5.73 Å². The number of aromatic hydroxyl groups is 1. The highest BCUT2D eigenvalue weighted by atomic mass is 19.1. The highest BCUT2D eigenvalue weighted by Crippen LogP contribution is 2.33.